The van der Waals surface area contributed by atoms with Gasteiger partial charge in [-0.2, -0.15) is 0 Å². The summed E-state index contributed by atoms with van der Waals surface area (Å²) in [6, 6.07) is 5.40. The molecule has 116 valence electrons. The van der Waals surface area contributed by atoms with E-state index in [1.54, 1.807) is 18.2 Å². The van der Waals surface area contributed by atoms with Gasteiger partial charge in [-0.3, -0.25) is 9.00 Å². The van der Waals surface area contributed by atoms with Gasteiger partial charge in [0.2, 0.25) is 0 Å². The highest BCUT2D eigenvalue weighted by Crippen LogP contribution is 2.31. The van der Waals surface area contributed by atoms with E-state index in [-0.39, 0.29) is 6.42 Å². The molecule has 0 saturated heterocycles. The van der Waals surface area contributed by atoms with Crippen LogP contribution in [0.15, 0.2) is 23.1 Å². The molecule has 0 amide bonds. The van der Waals surface area contributed by atoms with Gasteiger partial charge >= 0.3 is 5.97 Å². The first kappa shape index (κ1) is 15.8. The minimum Gasteiger partial charge on any atom is -0.490 e. The molecule has 0 spiro atoms. The summed E-state index contributed by atoms with van der Waals surface area (Å²) >= 11 is 0. The van der Waals surface area contributed by atoms with Crippen LogP contribution in [0, 0.1) is 0 Å². The summed E-state index contributed by atoms with van der Waals surface area (Å²) in [6.45, 7) is 1.25. The van der Waals surface area contributed by atoms with E-state index in [1.807, 2.05) is 0 Å². The van der Waals surface area contributed by atoms with Crippen molar-refractivity contribution in [1.82, 2.24) is 0 Å². The Morgan fingerprint density at radius 1 is 1.14 bits per heavy atom. The number of aliphatic carboxylic acids is 1. The van der Waals surface area contributed by atoms with Crippen LogP contribution in [0.4, 0.5) is 0 Å². The first-order valence-corrected chi connectivity index (χ1v) is 8.48. The Morgan fingerprint density at radius 3 is 2.67 bits per heavy atom. The average molecular weight is 312 g/mol. The molecule has 6 heteroatoms. The maximum absolute atomic E-state index is 12.2. The highest BCUT2D eigenvalue weighted by atomic mass is 32.2. The zero-order chi connectivity index (χ0) is 15.1. The summed E-state index contributed by atoms with van der Waals surface area (Å²) in [5.41, 5.74) is 0. The molecular weight excluding hydrogens is 292 g/mol. The SMILES string of the molecule is O=C(O)CCCCCS(=O)c1ccc2c(c1)OCCCO2. The second-order valence-corrected chi connectivity index (χ2v) is 6.48. The molecule has 0 aliphatic carbocycles. The van der Waals surface area contributed by atoms with Gasteiger partial charge in [0.05, 0.1) is 24.0 Å². The van der Waals surface area contributed by atoms with Gasteiger partial charge in [-0.15, -0.1) is 0 Å². The topological polar surface area (TPSA) is 72.8 Å². The third-order valence-corrected chi connectivity index (χ3v) is 4.64. The number of benzene rings is 1. The Kier molecular flexibility index (Phi) is 6.04. The van der Waals surface area contributed by atoms with Crippen molar-refractivity contribution in [3.8, 4) is 11.5 Å². The van der Waals surface area contributed by atoms with Crippen molar-refractivity contribution in [3.05, 3.63) is 18.2 Å². The molecule has 21 heavy (non-hydrogen) atoms. The van der Waals surface area contributed by atoms with Gasteiger partial charge in [0.25, 0.3) is 0 Å². The standard InChI is InChI=1S/C15H20O5S/c16-15(17)5-2-1-3-10-21(18)12-6-7-13-14(11-12)20-9-4-8-19-13/h6-7,11H,1-5,8-10H2,(H,16,17). The van der Waals surface area contributed by atoms with Crippen LogP contribution in [0.1, 0.15) is 32.1 Å². The summed E-state index contributed by atoms with van der Waals surface area (Å²) in [6.07, 6.45) is 3.19. The lowest BCUT2D eigenvalue weighted by molar-refractivity contribution is -0.137. The Bertz CT molecular complexity index is 515. The van der Waals surface area contributed by atoms with E-state index in [9.17, 15) is 9.00 Å². The third-order valence-electron chi connectivity index (χ3n) is 3.20. The van der Waals surface area contributed by atoms with E-state index >= 15 is 0 Å². The van der Waals surface area contributed by atoms with Crippen LogP contribution in [0.5, 0.6) is 11.5 Å². The lowest BCUT2D eigenvalue weighted by atomic mass is 10.2. The molecule has 0 bridgehead atoms. The lowest BCUT2D eigenvalue weighted by Crippen LogP contribution is -2.01. The predicted octanol–water partition coefficient (Wildman–Crippen LogP) is 2.60. The van der Waals surface area contributed by atoms with Crippen molar-refractivity contribution >= 4 is 16.8 Å². The van der Waals surface area contributed by atoms with Crippen LogP contribution in [-0.2, 0) is 15.6 Å². The number of fused-ring (bicyclic) bond motifs is 1. The maximum atomic E-state index is 12.2. The molecule has 1 unspecified atom stereocenters. The average Bonchev–Trinajstić information content (AvgIpc) is 2.70. The van der Waals surface area contributed by atoms with Gasteiger partial charge in [-0.1, -0.05) is 6.42 Å². The van der Waals surface area contributed by atoms with E-state index in [0.29, 0.717) is 36.9 Å². The summed E-state index contributed by atoms with van der Waals surface area (Å²) in [5, 5.41) is 8.55. The molecule has 1 aromatic rings. The van der Waals surface area contributed by atoms with Crippen molar-refractivity contribution in [1.29, 1.82) is 0 Å². The van der Waals surface area contributed by atoms with Crippen LogP contribution in [0.25, 0.3) is 0 Å². The molecule has 1 heterocycles. The lowest BCUT2D eigenvalue weighted by Gasteiger charge is -2.09. The van der Waals surface area contributed by atoms with Crippen LogP contribution >= 0.6 is 0 Å². The third kappa shape index (κ3) is 5.04. The zero-order valence-electron chi connectivity index (χ0n) is 11.9. The Hall–Kier alpha value is -1.56. The maximum Gasteiger partial charge on any atom is 0.303 e. The monoisotopic (exact) mass is 312 g/mol. The van der Waals surface area contributed by atoms with Crippen LogP contribution in [0.3, 0.4) is 0 Å². The quantitative estimate of drug-likeness (QED) is 0.783. The van der Waals surface area contributed by atoms with Gasteiger partial charge in [0, 0.05) is 29.6 Å². The minimum atomic E-state index is -1.08. The number of carboxylic acid groups (broad SMARTS) is 1. The molecule has 0 fully saturated rings. The number of hydrogen-bond acceptors (Lipinski definition) is 4. The zero-order valence-corrected chi connectivity index (χ0v) is 12.7. The first-order chi connectivity index (χ1) is 10.2. The highest BCUT2D eigenvalue weighted by molar-refractivity contribution is 7.85. The normalized spacial score (nSPS) is 15.2. The Morgan fingerprint density at radius 2 is 1.90 bits per heavy atom. The molecule has 1 aromatic carbocycles. The van der Waals surface area contributed by atoms with E-state index in [1.165, 1.54) is 0 Å². The minimum absolute atomic E-state index is 0.177. The number of unbranched alkanes of at least 4 members (excludes halogenated alkanes) is 2. The Balaban J connectivity index is 1.85. The van der Waals surface area contributed by atoms with Crippen LogP contribution in [-0.4, -0.2) is 34.3 Å². The van der Waals surface area contributed by atoms with E-state index < -0.39 is 16.8 Å². The van der Waals surface area contributed by atoms with Gasteiger partial charge in [0.1, 0.15) is 0 Å². The van der Waals surface area contributed by atoms with Crippen LogP contribution in [0.2, 0.25) is 0 Å². The van der Waals surface area contributed by atoms with E-state index in [2.05, 4.69) is 0 Å². The van der Waals surface area contributed by atoms with Gasteiger partial charge in [-0.05, 0) is 25.0 Å². The summed E-state index contributed by atoms with van der Waals surface area (Å²) < 4.78 is 23.3. The largest absolute Gasteiger partial charge is 0.490 e. The van der Waals surface area contributed by atoms with Crippen molar-refractivity contribution in [3.63, 3.8) is 0 Å². The number of ether oxygens (including phenoxy) is 2. The second kappa shape index (κ2) is 8.02. The summed E-state index contributed by atoms with van der Waals surface area (Å²) in [7, 11) is -1.08. The second-order valence-electron chi connectivity index (χ2n) is 4.91. The van der Waals surface area contributed by atoms with Crippen molar-refractivity contribution < 1.29 is 23.6 Å². The van der Waals surface area contributed by atoms with Gasteiger partial charge < -0.3 is 14.6 Å². The molecule has 1 atom stereocenters. The summed E-state index contributed by atoms with van der Waals surface area (Å²) in [5.74, 6) is 1.12. The molecule has 2 rings (SSSR count). The number of hydrogen-bond donors (Lipinski definition) is 1. The fraction of sp³-hybridized carbons (Fsp3) is 0.533. The number of rotatable bonds is 7. The highest BCUT2D eigenvalue weighted by Gasteiger charge is 2.13. The van der Waals surface area contributed by atoms with E-state index in [0.717, 1.165) is 24.2 Å². The Labute approximate surface area is 126 Å². The molecular formula is C15H20O5S. The van der Waals surface area contributed by atoms with Gasteiger partial charge in [0.15, 0.2) is 11.5 Å². The predicted molar refractivity (Wildman–Crippen MR) is 79.4 cm³/mol. The van der Waals surface area contributed by atoms with Crippen molar-refractivity contribution in [2.24, 2.45) is 0 Å². The molecule has 1 aliphatic heterocycles. The molecule has 1 aliphatic rings. The molecule has 0 radical (unpaired) electrons. The number of carboxylic acids is 1. The summed E-state index contributed by atoms with van der Waals surface area (Å²) in [4.78, 5) is 11.1. The molecule has 0 aromatic heterocycles. The van der Waals surface area contributed by atoms with Gasteiger partial charge in [-0.25, -0.2) is 0 Å². The smallest absolute Gasteiger partial charge is 0.303 e. The molecule has 0 saturated carbocycles. The van der Waals surface area contributed by atoms with Crippen molar-refractivity contribution in [2.45, 2.75) is 37.0 Å². The molecule has 1 N–H and O–H groups in total. The molecule has 5 nitrogen and oxygen atoms in total. The van der Waals surface area contributed by atoms with Crippen LogP contribution < -0.4 is 9.47 Å². The first-order valence-electron chi connectivity index (χ1n) is 7.16. The fourth-order valence-electron chi connectivity index (χ4n) is 2.09. The number of carbonyl (C=O) groups is 1. The van der Waals surface area contributed by atoms with Crippen molar-refractivity contribution in [2.75, 3.05) is 19.0 Å². The van der Waals surface area contributed by atoms with E-state index in [4.69, 9.17) is 14.6 Å². The fourth-order valence-corrected chi connectivity index (χ4v) is 3.25.